The highest BCUT2D eigenvalue weighted by Crippen LogP contribution is 2.29. The molecule has 1 aliphatic rings. The second kappa shape index (κ2) is 4.33. The number of hydrogen-bond acceptors (Lipinski definition) is 4. The Balaban J connectivity index is 2.35. The molecular formula is C11H16N2OS. The monoisotopic (exact) mass is 224 g/mol. The Bertz CT molecular complexity index is 384. The molecule has 1 aromatic heterocycles. The summed E-state index contributed by atoms with van der Waals surface area (Å²) < 4.78 is 0. The molecule has 0 atom stereocenters. The van der Waals surface area contributed by atoms with Gasteiger partial charge >= 0.3 is 0 Å². The average Bonchev–Trinajstić information content (AvgIpc) is 2.66. The van der Waals surface area contributed by atoms with Gasteiger partial charge in [-0.2, -0.15) is 0 Å². The zero-order valence-electron chi connectivity index (χ0n) is 9.16. The van der Waals surface area contributed by atoms with Crippen molar-refractivity contribution in [2.24, 2.45) is 0 Å². The van der Waals surface area contributed by atoms with Gasteiger partial charge in [0.25, 0.3) is 0 Å². The van der Waals surface area contributed by atoms with E-state index in [1.165, 1.54) is 10.6 Å². The van der Waals surface area contributed by atoms with E-state index < -0.39 is 0 Å². The molecule has 0 bridgehead atoms. The third kappa shape index (κ3) is 2.06. The lowest BCUT2D eigenvalue weighted by molar-refractivity contribution is -0.0329. The number of aromatic nitrogens is 1. The van der Waals surface area contributed by atoms with Crippen LogP contribution >= 0.6 is 11.3 Å². The van der Waals surface area contributed by atoms with Crippen molar-refractivity contribution >= 4 is 17.0 Å². The molecule has 2 heterocycles. The molecule has 0 saturated heterocycles. The normalized spacial score (nSPS) is 17.4. The minimum Gasteiger partial charge on any atom is -0.288 e. The van der Waals surface area contributed by atoms with Crippen LogP contribution in [0, 0.1) is 0 Å². The van der Waals surface area contributed by atoms with Crippen molar-refractivity contribution in [1.29, 1.82) is 0 Å². The molecule has 0 aromatic carbocycles. The third-order valence-corrected chi connectivity index (χ3v) is 3.67. The zero-order valence-corrected chi connectivity index (χ0v) is 9.97. The molecule has 0 saturated carbocycles. The van der Waals surface area contributed by atoms with E-state index in [9.17, 15) is 5.21 Å². The molecule has 1 aromatic rings. The van der Waals surface area contributed by atoms with E-state index >= 15 is 0 Å². The Morgan fingerprint density at radius 2 is 2.40 bits per heavy atom. The van der Waals surface area contributed by atoms with E-state index in [0.29, 0.717) is 6.54 Å². The van der Waals surface area contributed by atoms with E-state index in [4.69, 9.17) is 0 Å². The largest absolute Gasteiger partial charge is 0.288 e. The molecule has 0 amide bonds. The number of hydrogen-bond donors (Lipinski definition) is 1. The van der Waals surface area contributed by atoms with Crippen molar-refractivity contribution in [1.82, 2.24) is 10.0 Å². The first-order chi connectivity index (χ1) is 7.22. The molecular weight excluding hydrogens is 208 g/mol. The highest BCUT2D eigenvalue weighted by atomic mass is 32.1. The van der Waals surface area contributed by atoms with Crippen molar-refractivity contribution in [3.63, 3.8) is 0 Å². The minimum atomic E-state index is 0.714. The molecule has 1 aliphatic heterocycles. The number of nitrogens with zero attached hydrogens (tertiary/aromatic N) is 2. The fourth-order valence-corrected chi connectivity index (χ4v) is 2.61. The van der Waals surface area contributed by atoms with E-state index in [1.807, 2.05) is 5.38 Å². The highest BCUT2D eigenvalue weighted by Gasteiger charge is 2.19. The van der Waals surface area contributed by atoms with Crippen LogP contribution in [0.25, 0.3) is 5.70 Å². The quantitative estimate of drug-likeness (QED) is 0.839. The summed E-state index contributed by atoms with van der Waals surface area (Å²) in [4.78, 5) is 4.51. The fourth-order valence-electron chi connectivity index (χ4n) is 1.88. The highest BCUT2D eigenvalue weighted by molar-refractivity contribution is 7.09. The van der Waals surface area contributed by atoms with Gasteiger partial charge in [0.2, 0.25) is 0 Å². The Kier molecular flexibility index (Phi) is 3.07. The SMILES string of the molecule is CCc1nc(C2=C(C)CCCN2O)cs1. The maximum Gasteiger partial charge on any atom is 0.0998 e. The Labute approximate surface area is 94.0 Å². The first-order valence-electron chi connectivity index (χ1n) is 5.33. The number of hydroxylamine groups is 2. The number of allylic oxidation sites excluding steroid dienone is 1. The van der Waals surface area contributed by atoms with Gasteiger partial charge in [-0.15, -0.1) is 11.3 Å². The van der Waals surface area contributed by atoms with Gasteiger partial charge < -0.3 is 0 Å². The maximum absolute atomic E-state index is 9.81. The molecule has 0 spiro atoms. The molecule has 82 valence electrons. The van der Waals surface area contributed by atoms with Gasteiger partial charge in [0.1, 0.15) is 0 Å². The van der Waals surface area contributed by atoms with Crippen LogP contribution in [0.1, 0.15) is 37.4 Å². The summed E-state index contributed by atoms with van der Waals surface area (Å²) in [5, 5.41) is 14.3. The summed E-state index contributed by atoms with van der Waals surface area (Å²) in [5.41, 5.74) is 3.07. The van der Waals surface area contributed by atoms with Gasteiger partial charge in [-0.1, -0.05) is 6.92 Å². The van der Waals surface area contributed by atoms with Crippen LogP contribution in [-0.4, -0.2) is 21.8 Å². The zero-order chi connectivity index (χ0) is 10.8. The molecule has 3 nitrogen and oxygen atoms in total. The second-order valence-electron chi connectivity index (χ2n) is 3.84. The summed E-state index contributed by atoms with van der Waals surface area (Å²) in [5.74, 6) is 0. The topological polar surface area (TPSA) is 36.4 Å². The number of aryl methyl sites for hydroxylation is 1. The fraction of sp³-hybridized carbons (Fsp3) is 0.545. The molecule has 0 aliphatic carbocycles. The Hall–Kier alpha value is -0.870. The molecule has 1 N–H and O–H groups in total. The van der Waals surface area contributed by atoms with Crippen molar-refractivity contribution in [3.8, 4) is 0 Å². The van der Waals surface area contributed by atoms with Crippen LogP contribution in [0.4, 0.5) is 0 Å². The number of thiazole rings is 1. The van der Waals surface area contributed by atoms with Crippen LogP contribution in [0.5, 0.6) is 0 Å². The average molecular weight is 224 g/mol. The summed E-state index contributed by atoms with van der Waals surface area (Å²) in [7, 11) is 0. The van der Waals surface area contributed by atoms with Gasteiger partial charge in [-0.25, -0.2) is 4.98 Å². The van der Waals surface area contributed by atoms with Gasteiger partial charge in [-0.3, -0.25) is 10.3 Å². The van der Waals surface area contributed by atoms with Crippen molar-refractivity contribution in [2.45, 2.75) is 33.1 Å². The first-order valence-corrected chi connectivity index (χ1v) is 6.21. The molecule has 15 heavy (non-hydrogen) atoms. The third-order valence-electron chi connectivity index (χ3n) is 2.68. The van der Waals surface area contributed by atoms with Gasteiger partial charge in [-0.05, 0) is 31.8 Å². The molecule has 2 rings (SSSR count). The standard InChI is InChI=1S/C11H16N2OS/c1-3-10-12-9(7-15-10)11-8(2)5-4-6-13(11)14/h7,14H,3-6H2,1-2H3. The predicted octanol–water partition coefficient (Wildman–Crippen LogP) is 2.92. The maximum atomic E-state index is 9.81. The van der Waals surface area contributed by atoms with Crippen LogP contribution in [0.15, 0.2) is 11.0 Å². The van der Waals surface area contributed by atoms with Crippen LogP contribution in [0.2, 0.25) is 0 Å². The molecule has 0 radical (unpaired) electrons. The molecule has 0 unspecified atom stereocenters. The number of rotatable bonds is 2. The lowest BCUT2D eigenvalue weighted by Crippen LogP contribution is -2.24. The second-order valence-corrected chi connectivity index (χ2v) is 4.78. The molecule has 4 heteroatoms. The Morgan fingerprint density at radius 1 is 1.60 bits per heavy atom. The van der Waals surface area contributed by atoms with E-state index in [1.54, 1.807) is 11.3 Å². The summed E-state index contributed by atoms with van der Waals surface area (Å²) in [6.45, 7) is 4.88. The predicted molar refractivity (Wildman–Crippen MR) is 61.8 cm³/mol. The van der Waals surface area contributed by atoms with Crippen LogP contribution in [0.3, 0.4) is 0 Å². The van der Waals surface area contributed by atoms with Gasteiger partial charge in [0.15, 0.2) is 0 Å². The summed E-state index contributed by atoms with van der Waals surface area (Å²) in [6.07, 6.45) is 3.05. The molecule has 0 fully saturated rings. The summed E-state index contributed by atoms with van der Waals surface area (Å²) >= 11 is 1.66. The summed E-state index contributed by atoms with van der Waals surface area (Å²) in [6, 6.07) is 0. The van der Waals surface area contributed by atoms with Crippen LogP contribution < -0.4 is 0 Å². The van der Waals surface area contributed by atoms with E-state index in [-0.39, 0.29) is 0 Å². The lowest BCUT2D eigenvalue weighted by atomic mass is 10.0. The smallest absolute Gasteiger partial charge is 0.0998 e. The van der Waals surface area contributed by atoms with E-state index in [0.717, 1.165) is 35.7 Å². The van der Waals surface area contributed by atoms with Gasteiger partial charge in [0.05, 0.1) is 16.4 Å². The minimum absolute atomic E-state index is 0.714. The first kappa shape index (κ1) is 10.6. The van der Waals surface area contributed by atoms with Gasteiger partial charge in [0, 0.05) is 11.9 Å². The van der Waals surface area contributed by atoms with Crippen molar-refractivity contribution < 1.29 is 5.21 Å². The van der Waals surface area contributed by atoms with Crippen molar-refractivity contribution in [2.75, 3.05) is 6.54 Å². The van der Waals surface area contributed by atoms with Crippen molar-refractivity contribution in [3.05, 3.63) is 21.7 Å². The van der Waals surface area contributed by atoms with Crippen LogP contribution in [-0.2, 0) is 6.42 Å². The lowest BCUT2D eigenvalue weighted by Gasteiger charge is -2.26. The Morgan fingerprint density at radius 3 is 3.00 bits per heavy atom. The van der Waals surface area contributed by atoms with E-state index in [2.05, 4.69) is 18.8 Å².